The molecular weight excluding hydrogens is 222 g/mol. The highest BCUT2D eigenvalue weighted by atomic mass is 32.2. The highest BCUT2D eigenvalue weighted by Gasteiger charge is 2.18. The molecule has 1 rings (SSSR count). The monoisotopic (exact) mass is 233 g/mol. The topological polar surface area (TPSA) is 90.2 Å². The van der Waals surface area contributed by atoms with E-state index in [-0.39, 0.29) is 0 Å². The van der Waals surface area contributed by atoms with E-state index in [4.69, 9.17) is 0 Å². The number of sulfonamides is 1. The maximum Gasteiger partial charge on any atom is 0.330 e. The third kappa shape index (κ3) is 1.85. The van der Waals surface area contributed by atoms with Crippen LogP contribution < -0.4 is 16.0 Å². The molecule has 0 spiro atoms. The van der Waals surface area contributed by atoms with Gasteiger partial charge in [-0.25, -0.2) is 17.9 Å². The predicted molar refractivity (Wildman–Crippen MR) is 53.2 cm³/mol. The minimum absolute atomic E-state index is 0.449. The molecule has 1 aromatic rings. The first-order valence-corrected chi connectivity index (χ1v) is 5.50. The second kappa shape index (κ2) is 3.63. The summed E-state index contributed by atoms with van der Waals surface area (Å²) in [7, 11) is -0.0463. The Morgan fingerprint density at radius 1 is 1.27 bits per heavy atom. The van der Waals surface area contributed by atoms with Crippen molar-refractivity contribution in [3.05, 3.63) is 27.0 Å². The maximum atomic E-state index is 11.5. The molecule has 0 unspecified atom stereocenters. The smallest absolute Gasteiger partial charge is 0.302 e. The fourth-order valence-corrected chi connectivity index (χ4v) is 1.95. The molecule has 1 aromatic heterocycles. The summed E-state index contributed by atoms with van der Waals surface area (Å²) in [4.78, 5) is 22.3. The average Bonchev–Trinajstić information content (AvgIpc) is 2.20. The number of nitrogens with one attached hydrogen (secondary N) is 1. The molecule has 15 heavy (non-hydrogen) atoms. The predicted octanol–water partition coefficient (Wildman–Crippen LogP) is -2.01. The van der Waals surface area contributed by atoms with Crippen LogP contribution in [0.1, 0.15) is 0 Å². The lowest BCUT2D eigenvalue weighted by atomic mass is 10.6. The Morgan fingerprint density at radius 2 is 1.80 bits per heavy atom. The number of hydrogen-bond donors (Lipinski definition) is 1. The van der Waals surface area contributed by atoms with Gasteiger partial charge in [0.05, 0.1) is 0 Å². The molecule has 1 heterocycles. The summed E-state index contributed by atoms with van der Waals surface area (Å²) in [6, 6.07) is 0. The van der Waals surface area contributed by atoms with E-state index in [9.17, 15) is 18.0 Å². The van der Waals surface area contributed by atoms with E-state index >= 15 is 0 Å². The fraction of sp³-hybridized carbons (Fsp3) is 0.429. The van der Waals surface area contributed by atoms with Crippen molar-refractivity contribution >= 4 is 10.0 Å². The first-order chi connectivity index (χ1) is 6.81. The molecule has 0 aliphatic heterocycles. The summed E-state index contributed by atoms with van der Waals surface area (Å²) in [6.45, 7) is 0. The lowest BCUT2D eigenvalue weighted by Gasteiger charge is -2.06. The van der Waals surface area contributed by atoms with Crippen molar-refractivity contribution in [1.82, 2.24) is 13.9 Å². The molecule has 0 saturated carbocycles. The minimum atomic E-state index is -3.83. The van der Waals surface area contributed by atoms with Crippen molar-refractivity contribution in [2.24, 2.45) is 14.1 Å². The molecule has 84 valence electrons. The van der Waals surface area contributed by atoms with E-state index in [1.165, 1.54) is 21.1 Å². The number of rotatable bonds is 2. The van der Waals surface area contributed by atoms with Crippen molar-refractivity contribution in [1.29, 1.82) is 0 Å². The molecule has 0 aromatic carbocycles. The van der Waals surface area contributed by atoms with Gasteiger partial charge >= 0.3 is 5.69 Å². The van der Waals surface area contributed by atoms with Crippen LogP contribution in [0.2, 0.25) is 0 Å². The van der Waals surface area contributed by atoms with E-state index in [1.807, 2.05) is 4.72 Å². The molecule has 0 bridgehead atoms. The van der Waals surface area contributed by atoms with Gasteiger partial charge in [-0.05, 0) is 7.05 Å². The van der Waals surface area contributed by atoms with Gasteiger partial charge in [-0.1, -0.05) is 0 Å². The molecule has 0 aliphatic carbocycles. The van der Waals surface area contributed by atoms with Gasteiger partial charge in [0.25, 0.3) is 5.56 Å². The number of aromatic nitrogens is 2. The average molecular weight is 233 g/mol. The van der Waals surface area contributed by atoms with E-state index in [0.29, 0.717) is 0 Å². The van der Waals surface area contributed by atoms with Gasteiger partial charge in [-0.3, -0.25) is 9.36 Å². The van der Waals surface area contributed by atoms with E-state index < -0.39 is 26.2 Å². The zero-order valence-corrected chi connectivity index (χ0v) is 9.33. The SMILES string of the molecule is CNS(=O)(=O)c1cn(C)c(=O)n(C)c1=O. The summed E-state index contributed by atoms with van der Waals surface area (Å²) in [5, 5.41) is 0. The molecule has 0 aliphatic rings. The molecule has 0 fully saturated rings. The zero-order chi connectivity index (χ0) is 11.8. The van der Waals surface area contributed by atoms with Gasteiger partial charge in [-0.15, -0.1) is 0 Å². The Morgan fingerprint density at radius 3 is 2.27 bits per heavy atom. The summed E-state index contributed by atoms with van der Waals surface area (Å²) >= 11 is 0. The highest BCUT2D eigenvalue weighted by molar-refractivity contribution is 7.89. The largest absolute Gasteiger partial charge is 0.330 e. The van der Waals surface area contributed by atoms with Crippen LogP contribution in [-0.2, 0) is 24.1 Å². The van der Waals surface area contributed by atoms with Crippen LogP contribution in [0.5, 0.6) is 0 Å². The molecule has 0 saturated heterocycles. The van der Waals surface area contributed by atoms with Crippen molar-refractivity contribution in [2.45, 2.75) is 4.90 Å². The van der Waals surface area contributed by atoms with Gasteiger partial charge in [0.15, 0.2) is 4.90 Å². The zero-order valence-electron chi connectivity index (χ0n) is 8.51. The Hall–Kier alpha value is -1.41. The first kappa shape index (κ1) is 11.7. The molecule has 8 heteroatoms. The molecule has 1 N–H and O–H groups in total. The highest BCUT2D eigenvalue weighted by Crippen LogP contribution is 1.97. The molecule has 0 atom stereocenters. The third-order valence-electron chi connectivity index (χ3n) is 1.97. The molecule has 0 amide bonds. The third-order valence-corrected chi connectivity index (χ3v) is 3.37. The fourth-order valence-electron chi connectivity index (χ4n) is 1.07. The van der Waals surface area contributed by atoms with E-state index in [0.717, 1.165) is 15.3 Å². The van der Waals surface area contributed by atoms with Crippen molar-refractivity contribution in [3.8, 4) is 0 Å². The Bertz CT molecular complexity index is 596. The van der Waals surface area contributed by atoms with Crippen LogP contribution >= 0.6 is 0 Å². The Balaban J connectivity index is 3.77. The second-order valence-corrected chi connectivity index (χ2v) is 4.81. The summed E-state index contributed by atoms with van der Waals surface area (Å²) < 4.78 is 26.6. The molecule has 0 radical (unpaired) electrons. The van der Waals surface area contributed by atoms with E-state index in [1.54, 1.807) is 0 Å². The van der Waals surface area contributed by atoms with Gasteiger partial charge in [-0.2, -0.15) is 0 Å². The minimum Gasteiger partial charge on any atom is -0.302 e. The van der Waals surface area contributed by atoms with Crippen molar-refractivity contribution < 1.29 is 8.42 Å². The number of nitrogens with zero attached hydrogens (tertiary/aromatic N) is 2. The van der Waals surface area contributed by atoms with Gasteiger partial charge in [0, 0.05) is 20.3 Å². The molecule has 7 nitrogen and oxygen atoms in total. The molecular formula is C7H11N3O4S. The van der Waals surface area contributed by atoms with Crippen LogP contribution in [0.4, 0.5) is 0 Å². The van der Waals surface area contributed by atoms with Gasteiger partial charge < -0.3 is 4.57 Å². The quantitative estimate of drug-likeness (QED) is 0.639. The first-order valence-electron chi connectivity index (χ1n) is 4.01. The standard InChI is InChI=1S/C7H11N3O4S/c1-8-15(13,14)5-4-9(2)7(12)10(3)6(5)11/h4,8H,1-3H3. The van der Waals surface area contributed by atoms with Crippen molar-refractivity contribution in [2.75, 3.05) is 7.05 Å². The summed E-state index contributed by atoms with van der Waals surface area (Å²) in [5.41, 5.74) is -1.41. The number of aryl methyl sites for hydroxylation is 1. The van der Waals surface area contributed by atoms with Crippen LogP contribution in [0.15, 0.2) is 20.7 Å². The van der Waals surface area contributed by atoms with Crippen molar-refractivity contribution in [3.63, 3.8) is 0 Å². The second-order valence-electron chi connectivity index (χ2n) is 2.96. The van der Waals surface area contributed by atoms with Crippen LogP contribution in [0, 0.1) is 0 Å². The maximum absolute atomic E-state index is 11.5. The number of hydrogen-bond acceptors (Lipinski definition) is 4. The summed E-state index contributed by atoms with van der Waals surface area (Å²) in [5.74, 6) is 0. The summed E-state index contributed by atoms with van der Waals surface area (Å²) in [6.07, 6.45) is 0.997. The lowest BCUT2D eigenvalue weighted by Crippen LogP contribution is -2.40. The Kier molecular flexibility index (Phi) is 2.82. The van der Waals surface area contributed by atoms with Crippen LogP contribution in [-0.4, -0.2) is 24.6 Å². The van der Waals surface area contributed by atoms with E-state index in [2.05, 4.69) is 0 Å². The lowest BCUT2D eigenvalue weighted by molar-refractivity contribution is 0.577. The van der Waals surface area contributed by atoms with Crippen LogP contribution in [0.3, 0.4) is 0 Å². The van der Waals surface area contributed by atoms with Gasteiger partial charge in [0.2, 0.25) is 10.0 Å². The van der Waals surface area contributed by atoms with Crippen LogP contribution in [0.25, 0.3) is 0 Å². The Labute approximate surface area is 86.0 Å². The van der Waals surface area contributed by atoms with Gasteiger partial charge in [0.1, 0.15) is 0 Å². The normalized spacial score (nSPS) is 11.7.